The standard InChI is InChI=1S/C25H37N7O3/c1-27-23(33)22(31-14-16-35-17-15-31)19-30-10-12-32(13-11-30)24(34)25(20-26)4-8-29(9-5-25)18-21-2-6-28-7-3-21/h2-3,6-7,22H,4-5,8-19H2,1H3,(H,27,33). The summed E-state index contributed by atoms with van der Waals surface area (Å²) in [5.74, 6) is -0.00777. The summed E-state index contributed by atoms with van der Waals surface area (Å²) in [6.07, 6.45) is 4.70. The number of pyridine rings is 1. The van der Waals surface area contributed by atoms with Gasteiger partial charge in [-0.15, -0.1) is 0 Å². The second-order valence-corrected chi connectivity index (χ2v) is 9.70. The fraction of sp³-hybridized carbons (Fsp3) is 0.680. The van der Waals surface area contributed by atoms with Crippen molar-refractivity contribution in [1.29, 1.82) is 5.26 Å². The zero-order valence-corrected chi connectivity index (χ0v) is 20.7. The Morgan fingerprint density at radius 3 is 2.31 bits per heavy atom. The molecule has 3 aliphatic rings. The van der Waals surface area contributed by atoms with E-state index in [2.05, 4.69) is 31.1 Å². The predicted molar refractivity (Wildman–Crippen MR) is 130 cm³/mol. The minimum atomic E-state index is -0.935. The van der Waals surface area contributed by atoms with Crippen molar-refractivity contribution < 1.29 is 14.3 Å². The number of piperazine rings is 1. The van der Waals surface area contributed by atoms with Crippen molar-refractivity contribution in [3.8, 4) is 6.07 Å². The van der Waals surface area contributed by atoms with Gasteiger partial charge >= 0.3 is 0 Å². The molecule has 10 nitrogen and oxygen atoms in total. The quantitative estimate of drug-likeness (QED) is 0.568. The van der Waals surface area contributed by atoms with Crippen LogP contribution in [0.25, 0.3) is 0 Å². The summed E-state index contributed by atoms with van der Waals surface area (Å²) in [5.41, 5.74) is 0.258. The summed E-state index contributed by atoms with van der Waals surface area (Å²) in [6.45, 7) is 8.29. The van der Waals surface area contributed by atoms with Crippen LogP contribution in [0.1, 0.15) is 18.4 Å². The number of hydrogen-bond acceptors (Lipinski definition) is 8. The van der Waals surface area contributed by atoms with Crippen LogP contribution in [-0.2, 0) is 20.9 Å². The molecule has 190 valence electrons. The van der Waals surface area contributed by atoms with Crippen LogP contribution >= 0.6 is 0 Å². The van der Waals surface area contributed by atoms with Crippen molar-refractivity contribution in [3.63, 3.8) is 0 Å². The van der Waals surface area contributed by atoms with Crippen LogP contribution in [0, 0.1) is 16.7 Å². The van der Waals surface area contributed by atoms with Gasteiger partial charge in [0.05, 0.1) is 19.3 Å². The average molecular weight is 484 g/mol. The number of hydrogen-bond donors (Lipinski definition) is 1. The highest BCUT2D eigenvalue weighted by molar-refractivity contribution is 5.86. The molecule has 35 heavy (non-hydrogen) atoms. The summed E-state index contributed by atoms with van der Waals surface area (Å²) in [4.78, 5) is 38.7. The summed E-state index contributed by atoms with van der Waals surface area (Å²) in [5, 5.41) is 12.8. The molecule has 1 atom stereocenters. The van der Waals surface area contributed by atoms with Crippen LogP contribution in [0.4, 0.5) is 0 Å². The number of likely N-dealkylation sites (tertiary alicyclic amines) is 1. The lowest BCUT2D eigenvalue weighted by molar-refractivity contribution is -0.143. The van der Waals surface area contributed by atoms with Crippen LogP contribution in [-0.4, -0.2) is 122 Å². The van der Waals surface area contributed by atoms with Gasteiger partial charge in [0, 0.05) is 84.9 Å². The highest BCUT2D eigenvalue weighted by atomic mass is 16.5. The number of carbonyl (C=O) groups excluding carboxylic acids is 2. The van der Waals surface area contributed by atoms with E-state index in [1.807, 2.05) is 17.0 Å². The number of nitriles is 1. The largest absolute Gasteiger partial charge is 0.379 e. The number of ether oxygens (including phenoxy) is 1. The maximum absolute atomic E-state index is 13.5. The second-order valence-electron chi connectivity index (χ2n) is 9.70. The molecule has 4 rings (SSSR count). The Balaban J connectivity index is 1.29. The molecule has 3 fully saturated rings. The van der Waals surface area contributed by atoms with E-state index in [1.54, 1.807) is 19.4 Å². The minimum Gasteiger partial charge on any atom is -0.379 e. The number of nitrogens with one attached hydrogen (secondary N) is 1. The minimum absolute atomic E-state index is 0.0207. The molecule has 4 heterocycles. The Hall–Kier alpha value is -2.58. The Kier molecular flexibility index (Phi) is 8.68. The number of rotatable bonds is 7. The number of morpholine rings is 1. The molecule has 1 aromatic rings. The second kappa shape index (κ2) is 11.9. The highest BCUT2D eigenvalue weighted by Crippen LogP contribution is 2.34. The molecule has 1 unspecified atom stereocenters. The third-order valence-electron chi connectivity index (χ3n) is 7.61. The van der Waals surface area contributed by atoms with Crippen LogP contribution in [0.5, 0.6) is 0 Å². The lowest BCUT2D eigenvalue weighted by atomic mass is 9.78. The Morgan fingerprint density at radius 2 is 1.71 bits per heavy atom. The van der Waals surface area contributed by atoms with Gasteiger partial charge in [-0.2, -0.15) is 5.26 Å². The van der Waals surface area contributed by atoms with Gasteiger partial charge in [0.1, 0.15) is 11.5 Å². The first-order chi connectivity index (χ1) is 17.0. The molecular weight excluding hydrogens is 446 g/mol. The lowest BCUT2D eigenvalue weighted by Gasteiger charge is -2.43. The van der Waals surface area contributed by atoms with Crippen LogP contribution in [0.2, 0.25) is 0 Å². The molecule has 0 aromatic carbocycles. The van der Waals surface area contributed by atoms with Crippen LogP contribution in [0.3, 0.4) is 0 Å². The van der Waals surface area contributed by atoms with E-state index in [0.717, 1.165) is 32.7 Å². The summed E-state index contributed by atoms with van der Waals surface area (Å²) >= 11 is 0. The third-order valence-corrected chi connectivity index (χ3v) is 7.61. The van der Waals surface area contributed by atoms with Gasteiger partial charge < -0.3 is 15.0 Å². The van der Waals surface area contributed by atoms with E-state index in [0.29, 0.717) is 58.8 Å². The summed E-state index contributed by atoms with van der Waals surface area (Å²) in [6, 6.07) is 6.18. The van der Waals surface area contributed by atoms with Gasteiger partial charge in [0.25, 0.3) is 0 Å². The number of piperidine rings is 1. The molecule has 0 aliphatic carbocycles. The van der Waals surface area contributed by atoms with Crippen LogP contribution in [0.15, 0.2) is 24.5 Å². The van der Waals surface area contributed by atoms with Crippen molar-refractivity contribution in [2.45, 2.75) is 25.4 Å². The van der Waals surface area contributed by atoms with E-state index in [4.69, 9.17) is 4.74 Å². The molecule has 3 saturated heterocycles. The first-order valence-electron chi connectivity index (χ1n) is 12.6. The highest BCUT2D eigenvalue weighted by Gasteiger charge is 2.45. The van der Waals surface area contributed by atoms with Gasteiger partial charge in [-0.05, 0) is 30.5 Å². The van der Waals surface area contributed by atoms with E-state index in [-0.39, 0.29) is 17.9 Å². The first kappa shape index (κ1) is 25.5. The first-order valence-corrected chi connectivity index (χ1v) is 12.6. The van der Waals surface area contributed by atoms with Crippen molar-refractivity contribution in [3.05, 3.63) is 30.1 Å². The molecular formula is C25H37N7O3. The molecule has 1 N–H and O–H groups in total. The van der Waals surface area contributed by atoms with Crippen molar-refractivity contribution in [2.75, 3.05) is 79.2 Å². The van der Waals surface area contributed by atoms with Crippen molar-refractivity contribution >= 4 is 11.8 Å². The molecule has 0 spiro atoms. The van der Waals surface area contributed by atoms with Gasteiger partial charge in [-0.25, -0.2) is 0 Å². The van der Waals surface area contributed by atoms with E-state index in [9.17, 15) is 14.9 Å². The molecule has 2 amide bonds. The summed E-state index contributed by atoms with van der Waals surface area (Å²) in [7, 11) is 1.68. The van der Waals surface area contributed by atoms with E-state index < -0.39 is 5.41 Å². The SMILES string of the molecule is CNC(=O)C(CN1CCN(C(=O)C2(C#N)CCN(Cc3ccncc3)CC2)CC1)N1CCOCC1. The maximum Gasteiger partial charge on any atom is 0.243 e. The van der Waals surface area contributed by atoms with Gasteiger partial charge in [-0.3, -0.25) is 29.3 Å². The van der Waals surface area contributed by atoms with Gasteiger partial charge in [-0.1, -0.05) is 0 Å². The monoisotopic (exact) mass is 483 g/mol. The topological polar surface area (TPSA) is 105 Å². The average Bonchev–Trinajstić information content (AvgIpc) is 2.93. The lowest BCUT2D eigenvalue weighted by Crippen LogP contribution is -2.59. The van der Waals surface area contributed by atoms with Crippen molar-refractivity contribution in [2.24, 2.45) is 5.41 Å². The van der Waals surface area contributed by atoms with Gasteiger partial charge in [0.2, 0.25) is 11.8 Å². The summed E-state index contributed by atoms with van der Waals surface area (Å²) < 4.78 is 5.44. The normalized spacial score (nSPS) is 22.8. The van der Waals surface area contributed by atoms with E-state index in [1.165, 1.54) is 5.56 Å². The van der Waals surface area contributed by atoms with Crippen LogP contribution < -0.4 is 5.32 Å². The Morgan fingerprint density at radius 1 is 1.06 bits per heavy atom. The number of amides is 2. The van der Waals surface area contributed by atoms with Crippen molar-refractivity contribution in [1.82, 2.24) is 29.9 Å². The Bertz CT molecular complexity index is 884. The number of carbonyl (C=O) groups is 2. The predicted octanol–water partition coefficient (Wildman–Crippen LogP) is -0.222. The van der Waals surface area contributed by atoms with E-state index >= 15 is 0 Å². The molecule has 0 saturated carbocycles. The molecule has 1 aromatic heterocycles. The number of aromatic nitrogens is 1. The fourth-order valence-electron chi connectivity index (χ4n) is 5.31. The third kappa shape index (κ3) is 6.16. The maximum atomic E-state index is 13.5. The zero-order chi connectivity index (χ0) is 24.7. The molecule has 10 heteroatoms. The number of likely N-dealkylation sites (N-methyl/N-ethyl adjacent to an activating group) is 1. The fourth-order valence-corrected chi connectivity index (χ4v) is 5.31. The molecule has 0 radical (unpaired) electrons. The molecule has 0 bridgehead atoms. The van der Waals surface area contributed by atoms with Gasteiger partial charge in [0.15, 0.2) is 0 Å². The molecule has 3 aliphatic heterocycles. The number of nitrogens with zero attached hydrogens (tertiary/aromatic N) is 6. The Labute approximate surface area is 207 Å². The zero-order valence-electron chi connectivity index (χ0n) is 20.7. The smallest absolute Gasteiger partial charge is 0.243 e.